The zero-order valence-electron chi connectivity index (χ0n) is 14.8. The Morgan fingerprint density at radius 3 is 2.83 bits per heavy atom. The Morgan fingerprint density at radius 1 is 1.38 bits per heavy atom. The number of nitrogens with one attached hydrogen (secondary N) is 1. The Morgan fingerprint density at radius 2 is 2.17 bits per heavy atom. The molecule has 2 aromatic rings. The van der Waals surface area contributed by atoms with E-state index in [-0.39, 0.29) is 6.23 Å². The topological polar surface area (TPSA) is 65.4 Å². The van der Waals surface area contributed by atoms with E-state index in [2.05, 4.69) is 10.4 Å². The third-order valence-electron chi connectivity index (χ3n) is 4.04. The SMILES string of the molecule is Cc1ccc2c(cnn2C2CCCCO2)c1NC(=O)OC(C)(C)C. The third kappa shape index (κ3) is 3.53. The van der Waals surface area contributed by atoms with Gasteiger partial charge in [-0.2, -0.15) is 5.10 Å². The number of hydrogen-bond acceptors (Lipinski definition) is 4. The lowest BCUT2D eigenvalue weighted by atomic mass is 10.1. The van der Waals surface area contributed by atoms with Crippen molar-refractivity contribution in [2.45, 2.75) is 58.8 Å². The molecule has 0 aliphatic carbocycles. The predicted octanol–water partition coefficient (Wildman–Crippen LogP) is 4.39. The van der Waals surface area contributed by atoms with Gasteiger partial charge < -0.3 is 9.47 Å². The van der Waals surface area contributed by atoms with E-state index in [0.717, 1.165) is 48.0 Å². The molecule has 0 spiro atoms. The summed E-state index contributed by atoms with van der Waals surface area (Å²) in [5.41, 5.74) is 2.13. The van der Waals surface area contributed by atoms with Gasteiger partial charge in [-0.15, -0.1) is 0 Å². The molecule has 1 unspecified atom stereocenters. The Hall–Kier alpha value is -2.08. The Kier molecular flexibility index (Phi) is 4.49. The Balaban J connectivity index is 1.92. The van der Waals surface area contributed by atoms with Crippen molar-refractivity contribution < 1.29 is 14.3 Å². The number of carbonyl (C=O) groups is 1. The summed E-state index contributed by atoms with van der Waals surface area (Å²) in [5.74, 6) is 0. The first kappa shape index (κ1) is 16.8. The van der Waals surface area contributed by atoms with Crippen LogP contribution >= 0.6 is 0 Å². The molecule has 0 saturated carbocycles. The minimum Gasteiger partial charge on any atom is -0.444 e. The zero-order chi connectivity index (χ0) is 17.3. The fourth-order valence-corrected chi connectivity index (χ4v) is 2.95. The number of anilines is 1. The molecule has 1 saturated heterocycles. The van der Waals surface area contributed by atoms with E-state index in [9.17, 15) is 4.79 Å². The van der Waals surface area contributed by atoms with Crippen LogP contribution in [-0.2, 0) is 9.47 Å². The van der Waals surface area contributed by atoms with Crippen LogP contribution in [0, 0.1) is 6.92 Å². The van der Waals surface area contributed by atoms with Gasteiger partial charge in [0.15, 0.2) is 6.23 Å². The first-order valence-corrected chi connectivity index (χ1v) is 8.43. The van der Waals surface area contributed by atoms with Crippen LogP contribution in [0.15, 0.2) is 18.3 Å². The molecule has 1 aromatic carbocycles. The number of hydrogen-bond donors (Lipinski definition) is 1. The molecule has 1 aromatic heterocycles. The number of amides is 1. The van der Waals surface area contributed by atoms with Crippen molar-refractivity contribution in [3.63, 3.8) is 0 Å². The van der Waals surface area contributed by atoms with Crippen molar-refractivity contribution >= 4 is 22.7 Å². The zero-order valence-corrected chi connectivity index (χ0v) is 14.8. The fourth-order valence-electron chi connectivity index (χ4n) is 2.95. The standard InChI is InChI=1S/C18H25N3O3/c1-12-8-9-14-13(16(12)20-17(22)24-18(2,3)4)11-19-21(14)15-7-5-6-10-23-15/h8-9,11,15H,5-7,10H2,1-4H3,(H,20,22). The van der Waals surface area contributed by atoms with Crippen molar-refractivity contribution in [1.29, 1.82) is 0 Å². The van der Waals surface area contributed by atoms with Crippen LogP contribution < -0.4 is 5.32 Å². The highest BCUT2D eigenvalue weighted by molar-refractivity contribution is 6.00. The van der Waals surface area contributed by atoms with Crippen LogP contribution in [0.25, 0.3) is 10.9 Å². The van der Waals surface area contributed by atoms with Crippen molar-refractivity contribution in [2.24, 2.45) is 0 Å². The maximum atomic E-state index is 12.1. The van der Waals surface area contributed by atoms with Crippen molar-refractivity contribution in [2.75, 3.05) is 11.9 Å². The molecule has 1 atom stereocenters. The quantitative estimate of drug-likeness (QED) is 0.886. The molecule has 130 valence electrons. The van der Waals surface area contributed by atoms with E-state index < -0.39 is 11.7 Å². The maximum absolute atomic E-state index is 12.1. The average Bonchev–Trinajstić information content (AvgIpc) is 2.93. The molecule has 1 aliphatic rings. The minimum atomic E-state index is -0.536. The molecular weight excluding hydrogens is 306 g/mol. The summed E-state index contributed by atoms with van der Waals surface area (Å²) < 4.78 is 13.1. The smallest absolute Gasteiger partial charge is 0.412 e. The largest absolute Gasteiger partial charge is 0.444 e. The lowest BCUT2D eigenvalue weighted by molar-refractivity contribution is -0.0366. The molecule has 3 rings (SSSR count). The molecule has 1 fully saturated rings. The molecule has 1 aliphatic heterocycles. The van der Waals surface area contributed by atoms with Crippen LogP contribution in [0.2, 0.25) is 0 Å². The predicted molar refractivity (Wildman–Crippen MR) is 93.2 cm³/mol. The highest BCUT2D eigenvalue weighted by Crippen LogP contribution is 2.31. The lowest BCUT2D eigenvalue weighted by Crippen LogP contribution is -2.27. The van der Waals surface area contributed by atoms with Gasteiger partial charge in [-0.25, -0.2) is 9.48 Å². The molecule has 6 heteroatoms. The van der Waals surface area contributed by atoms with Crippen molar-refractivity contribution in [1.82, 2.24) is 9.78 Å². The second kappa shape index (κ2) is 6.43. The van der Waals surface area contributed by atoms with Gasteiger partial charge in [0.25, 0.3) is 0 Å². The molecule has 0 bridgehead atoms. The van der Waals surface area contributed by atoms with E-state index in [1.165, 1.54) is 0 Å². The van der Waals surface area contributed by atoms with Gasteiger partial charge in [-0.1, -0.05) is 6.07 Å². The van der Waals surface area contributed by atoms with E-state index in [0.29, 0.717) is 0 Å². The first-order valence-electron chi connectivity index (χ1n) is 8.43. The summed E-state index contributed by atoms with van der Waals surface area (Å²) in [6.45, 7) is 8.26. The number of nitrogens with zero attached hydrogens (tertiary/aromatic N) is 2. The molecule has 0 radical (unpaired) electrons. The highest BCUT2D eigenvalue weighted by Gasteiger charge is 2.22. The second-order valence-electron chi connectivity index (χ2n) is 7.23. The maximum Gasteiger partial charge on any atom is 0.412 e. The number of benzene rings is 1. The average molecular weight is 331 g/mol. The second-order valence-corrected chi connectivity index (χ2v) is 7.23. The normalized spacial score (nSPS) is 18.6. The van der Waals surface area contributed by atoms with Crippen LogP contribution in [0.3, 0.4) is 0 Å². The monoisotopic (exact) mass is 331 g/mol. The van der Waals surface area contributed by atoms with Gasteiger partial charge in [0, 0.05) is 12.0 Å². The van der Waals surface area contributed by atoms with Gasteiger partial charge in [0.1, 0.15) is 5.60 Å². The van der Waals surface area contributed by atoms with E-state index in [4.69, 9.17) is 9.47 Å². The van der Waals surface area contributed by atoms with Crippen LogP contribution in [0.5, 0.6) is 0 Å². The minimum absolute atomic E-state index is 0.0340. The third-order valence-corrected chi connectivity index (χ3v) is 4.04. The summed E-state index contributed by atoms with van der Waals surface area (Å²) in [6.07, 6.45) is 4.49. The summed E-state index contributed by atoms with van der Waals surface area (Å²) in [5, 5.41) is 8.27. The van der Waals surface area contributed by atoms with Crippen LogP contribution in [-0.4, -0.2) is 28.1 Å². The number of rotatable bonds is 2. The van der Waals surface area contributed by atoms with Gasteiger partial charge in [-0.3, -0.25) is 5.32 Å². The molecular formula is C18H25N3O3. The number of aromatic nitrogens is 2. The summed E-state index contributed by atoms with van der Waals surface area (Å²) in [7, 11) is 0. The highest BCUT2D eigenvalue weighted by atomic mass is 16.6. The van der Waals surface area contributed by atoms with Gasteiger partial charge >= 0.3 is 6.09 Å². The summed E-state index contributed by atoms with van der Waals surface area (Å²) in [4.78, 5) is 12.1. The lowest BCUT2D eigenvalue weighted by Gasteiger charge is -2.23. The van der Waals surface area contributed by atoms with Gasteiger partial charge in [-0.05, 0) is 58.6 Å². The Bertz CT molecular complexity index is 740. The number of carbonyl (C=O) groups excluding carboxylic acids is 1. The molecule has 24 heavy (non-hydrogen) atoms. The van der Waals surface area contributed by atoms with E-state index in [1.807, 2.05) is 44.5 Å². The van der Waals surface area contributed by atoms with Gasteiger partial charge in [0.2, 0.25) is 0 Å². The van der Waals surface area contributed by atoms with Gasteiger partial charge in [0.05, 0.1) is 17.4 Å². The number of fused-ring (bicyclic) bond motifs is 1. The van der Waals surface area contributed by atoms with Crippen LogP contribution in [0.1, 0.15) is 51.8 Å². The van der Waals surface area contributed by atoms with Crippen molar-refractivity contribution in [3.05, 3.63) is 23.9 Å². The van der Waals surface area contributed by atoms with Crippen molar-refractivity contribution in [3.8, 4) is 0 Å². The summed E-state index contributed by atoms with van der Waals surface area (Å²) >= 11 is 0. The Labute approximate surface area is 142 Å². The molecule has 1 amide bonds. The molecule has 6 nitrogen and oxygen atoms in total. The number of aryl methyl sites for hydroxylation is 1. The number of ether oxygens (including phenoxy) is 2. The molecule has 2 heterocycles. The van der Waals surface area contributed by atoms with Crippen LogP contribution in [0.4, 0.5) is 10.5 Å². The van der Waals surface area contributed by atoms with E-state index >= 15 is 0 Å². The summed E-state index contributed by atoms with van der Waals surface area (Å²) in [6, 6.07) is 4.01. The van der Waals surface area contributed by atoms with E-state index in [1.54, 1.807) is 6.20 Å². The molecule has 1 N–H and O–H groups in total. The fraction of sp³-hybridized carbons (Fsp3) is 0.556. The first-order chi connectivity index (χ1) is 11.3.